The molecule has 0 saturated heterocycles. The van der Waals surface area contributed by atoms with Gasteiger partial charge in [0.15, 0.2) is 5.78 Å². The number of benzene rings is 3. The van der Waals surface area contributed by atoms with E-state index in [0.29, 0.717) is 30.6 Å². The molecule has 0 fully saturated rings. The standard InChI is InChI=1S/C25H23NO4/c1-29-20-10-8-17-9-11-23(30-2)21(22(17)15-20)12-13-26-16-19(14-24(26)27)25(28)18-6-4-3-5-7-18/h3-11,14-15H,12-13,16H2,1-2H3. The summed E-state index contributed by atoms with van der Waals surface area (Å²) in [4.78, 5) is 26.9. The van der Waals surface area contributed by atoms with Crippen LogP contribution in [0.5, 0.6) is 11.5 Å². The van der Waals surface area contributed by atoms with Crippen molar-refractivity contribution in [1.82, 2.24) is 4.90 Å². The first-order valence-corrected chi connectivity index (χ1v) is 9.83. The second-order valence-electron chi connectivity index (χ2n) is 7.21. The van der Waals surface area contributed by atoms with Crippen molar-refractivity contribution in [2.75, 3.05) is 27.3 Å². The molecule has 0 radical (unpaired) electrons. The van der Waals surface area contributed by atoms with E-state index in [2.05, 4.69) is 0 Å². The fraction of sp³-hybridized carbons (Fsp3) is 0.200. The van der Waals surface area contributed by atoms with Gasteiger partial charge in [-0.15, -0.1) is 0 Å². The van der Waals surface area contributed by atoms with E-state index < -0.39 is 0 Å². The molecule has 152 valence electrons. The van der Waals surface area contributed by atoms with Gasteiger partial charge >= 0.3 is 0 Å². The monoisotopic (exact) mass is 401 g/mol. The third-order valence-corrected chi connectivity index (χ3v) is 5.45. The van der Waals surface area contributed by atoms with E-state index in [1.165, 1.54) is 6.08 Å². The molecule has 0 saturated carbocycles. The summed E-state index contributed by atoms with van der Waals surface area (Å²) >= 11 is 0. The number of ether oxygens (including phenoxy) is 2. The minimum Gasteiger partial charge on any atom is -0.497 e. The number of rotatable bonds is 7. The third-order valence-electron chi connectivity index (χ3n) is 5.45. The summed E-state index contributed by atoms with van der Waals surface area (Å²) < 4.78 is 11.0. The Morgan fingerprint density at radius 2 is 1.77 bits per heavy atom. The van der Waals surface area contributed by atoms with Crippen LogP contribution in [0.4, 0.5) is 0 Å². The Morgan fingerprint density at radius 3 is 2.50 bits per heavy atom. The van der Waals surface area contributed by atoms with Gasteiger partial charge in [0.2, 0.25) is 5.91 Å². The summed E-state index contributed by atoms with van der Waals surface area (Å²) in [5.41, 5.74) is 2.14. The summed E-state index contributed by atoms with van der Waals surface area (Å²) in [6.07, 6.45) is 2.07. The highest BCUT2D eigenvalue weighted by molar-refractivity contribution is 6.14. The summed E-state index contributed by atoms with van der Waals surface area (Å²) in [6, 6.07) is 18.9. The van der Waals surface area contributed by atoms with Crippen molar-refractivity contribution in [2.24, 2.45) is 0 Å². The second-order valence-corrected chi connectivity index (χ2v) is 7.21. The average molecular weight is 401 g/mol. The molecule has 0 spiro atoms. The highest BCUT2D eigenvalue weighted by atomic mass is 16.5. The molecule has 30 heavy (non-hydrogen) atoms. The van der Waals surface area contributed by atoms with Crippen molar-refractivity contribution in [1.29, 1.82) is 0 Å². The van der Waals surface area contributed by atoms with E-state index in [1.807, 2.05) is 48.5 Å². The number of amides is 1. The lowest BCUT2D eigenvalue weighted by Gasteiger charge is -2.19. The molecule has 0 bridgehead atoms. The number of nitrogens with zero attached hydrogens (tertiary/aromatic N) is 1. The first kappa shape index (κ1) is 19.7. The predicted octanol–water partition coefficient (Wildman–Crippen LogP) is 4.05. The zero-order valence-electron chi connectivity index (χ0n) is 17.1. The van der Waals surface area contributed by atoms with Gasteiger partial charge in [-0.1, -0.05) is 42.5 Å². The molecule has 3 aromatic rings. The van der Waals surface area contributed by atoms with Gasteiger partial charge in [-0.3, -0.25) is 9.59 Å². The van der Waals surface area contributed by atoms with Gasteiger partial charge in [-0.25, -0.2) is 0 Å². The van der Waals surface area contributed by atoms with Crippen LogP contribution in [-0.4, -0.2) is 43.9 Å². The van der Waals surface area contributed by atoms with Gasteiger partial charge < -0.3 is 14.4 Å². The normalized spacial score (nSPS) is 13.5. The summed E-state index contributed by atoms with van der Waals surface area (Å²) in [5, 5.41) is 2.12. The van der Waals surface area contributed by atoms with Gasteiger partial charge in [0.05, 0.1) is 20.8 Å². The fourth-order valence-electron chi connectivity index (χ4n) is 3.83. The van der Waals surface area contributed by atoms with E-state index in [9.17, 15) is 9.59 Å². The summed E-state index contributed by atoms with van der Waals surface area (Å²) in [6.45, 7) is 0.816. The number of Topliss-reactive ketones (excluding diaryl/α,β-unsaturated/α-hetero) is 1. The van der Waals surface area contributed by atoms with Crippen LogP contribution in [0.1, 0.15) is 15.9 Å². The van der Waals surface area contributed by atoms with E-state index in [1.54, 1.807) is 31.3 Å². The molecule has 0 atom stereocenters. The number of carbonyl (C=O) groups is 2. The molecule has 0 unspecified atom stereocenters. The molecule has 0 aromatic heterocycles. The number of fused-ring (bicyclic) bond motifs is 1. The van der Waals surface area contributed by atoms with Crippen LogP contribution < -0.4 is 9.47 Å². The molecule has 1 heterocycles. The fourth-order valence-corrected chi connectivity index (χ4v) is 3.83. The van der Waals surface area contributed by atoms with Crippen LogP contribution >= 0.6 is 0 Å². The Balaban J connectivity index is 1.53. The minimum absolute atomic E-state index is 0.0982. The number of ketones is 1. The van der Waals surface area contributed by atoms with Crippen molar-refractivity contribution in [3.63, 3.8) is 0 Å². The number of carbonyl (C=O) groups excluding carboxylic acids is 2. The van der Waals surface area contributed by atoms with Gasteiger partial charge in [0, 0.05) is 29.3 Å². The Labute approximate surface area is 175 Å². The summed E-state index contributed by atoms with van der Waals surface area (Å²) in [7, 11) is 3.28. The molecule has 5 heteroatoms. The SMILES string of the molecule is COc1ccc2ccc(OC)c(CCN3CC(C(=O)c4ccccc4)=CC3=O)c2c1. The van der Waals surface area contributed by atoms with Gasteiger partial charge in [0.1, 0.15) is 11.5 Å². The first-order chi connectivity index (χ1) is 14.6. The van der Waals surface area contributed by atoms with E-state index in [0.717, 1.165) is 27.8 Å². The van der Waals surface area contributed by atoms with E-state index >= 15 is 0 Å². The third kappa shape index (κ3) is 3.79. The highest BCUT2D eigenvalue weighted by Gasteiger charge is 2.26. The molecule has 0 aliphatic carbocycles. The second kappa shape index (κ2) is 8.41. The largest absolute Gasteiger partial charge is 0.497 e. The van der Waals surface area contributed by atoms with Crippen molar-refractivity contribution in [3.05, 3.63) is 83.4 Å². The van der Waals surface area contributed by atoms with Gasteiger partial charge in [0.25, 0.3) is 0 Å². The topological polar surface area (TPSA) is 55.8 Å². The molecule has 4 rings (SSSR count). The van der Waals surface area contributed by atoms with Crippen molar-refractivity contribution in [3.8, 4) is 11.5 Å². The molecule has 5 nitrogen and oxygen atoms in total. The quantitative estimate of drug-likeness (QED) is 0.561. The highest BCUT2D eigenvalue weighted by Crippen LogP contribution is 2.31. The van der Waals surface area contributed by atoms with Crippen LogP contribution in [-0.2, 0) is 11.2 Å². The molecule has 0 N–H and O–H groups in total. The smallest absolute Gasteiger partial charge is 0.247 e. The van der Waals surface area contributed by atoms with Crippen LogP contribution in [0.3, 0.4) is 0 Å². The van der Waals surface area contributed by atoms with Crippen LogP contribution in [0, 0.1) is 0 Å². The maximum absolute atomic E-state index is 12.7. The van der Waals surface area contributed by atoms with Gasteiger partial charge in [-0.2, -0.15) is 0 Å². The number of hydrogen-bond acceptors (Lipinski definition) is 4. The lowest BCUT2D eigenvalue weighted by molar-refractivity contribution is -0.124. The molecular formula is C25H23NO4. The first-order valence-electron chi connectivity index (χ1n) is 9.83. The zero-order valence-corrected chi connectivity index (χ0v) is 17.1. The van der Waals surface area contributed by atoms with Crippen molar-refractivity contribution < 1.29 is 19.1 Å². The zero-order chi connectivity index (χ0) is 21.1. The average Bonchev–Trinajstić information content (AvgIpc) is 3.17. The minimum atomic E-state index is -0.133. The Morgan fingerprint density at radius 1 is 1.00 bits per heavy atom. The lowest BCUT2D eigenvalue weighted by Crippen LogP contribution is -2.29. The van der Waals surface area contributed by atoms with E-state index in [-0.39, 0.29) is 11.7 Å². The summed E-state index contributed by atoms with van der Waals surface area (Å²) in [5.74, 6) is 1.31. The van der Waals surface area contributed by atoms with Crippen LogP contribution in [0.25, 0.3) is 10.8 Å². The van der Waals surface area contributed by atoms with Crippen molar-refractivity contribution in [2.45, 2.75) is 6.42 Å². The van der Waals surface area contributed by atoms with Gasteiger partial charge in [-0.05, 0) is 35.4 Å². The maximum Gasteiger partial charge on any atom is 0.247 e. The maximum atomic E-state index is 12.7. The van der Waals surface area contributed by atoms with Crippen LogP contribution in [0.15, 0.2) is 72.3 Å². The predicted molar refractivity (Wildman–Crippen MR) is 116 cm³/mol. The molecular weight excluding hydrogens is 378 g/mol. The number of methoxy groups -OCH3 is 2. The molecule has 1 aliphatic rings. The van der Waals surface area contributed by atoms with E-state index in [4.69, 9.17) is 9.47 Å². The molecule has 3 aromatic carbocycles. The Bertz CT molecular complexity index is 1130. The Hall–Kier alpha value is -3.60. The molecule has 1 amide bonds. The molecule has 1 aliphatic heterocycles. The lowest BCUT2D eigenvalue weighted by atomic mass is 10.00. The van der Waals surface area contributed by atoms with Crippen LogP contribution in [0.2, 0.25) is 0 Å². The Kier molecular flexibility index (Phi) is 5.53. The van der Waals surface area contributed by atoms with Crippen molar-refractivity contribution >= 4 is 22.5 Å². The number of hydrogen-bond donors (Lipinski definition) is 0.